The van der Waals surface area contributed by atoms with Gasteiger partial charge in [-0.15, -0.1) is 0 Å². The molecule has 0 aliphatic rings. The number of fused-ring (bicyclic) bond motifs is 5. The van der Waals surface area contributed by atoms with Crippen LogP contribution in [0.2, 0.25) is 0 Å². The van der Waals surface area contributed by atoms with Crippen molar-refractivity contribution in [3.05, 3.63) is 139 Å². The molecule has 47 heavy (non-hydrogen) atoms. The van der Waals surface area contributed by atoms with Crippen molar-refractivity contribution in [1.29, 1.82) is 0 Å². The first-order valence-electron chi connectivity index (χ1n) is 15.9. The monoisotopic (exact) mass is 609 g/mol. The van der Waals surface area contributed by atoms with Crippen LogP contribution in [-0.4, -0.2) is 14.5 Å². The standard InChI is InChI=1S/C42H31N3O2/c1-42(2,3)30-19-15-26(16-20-30)27-9-8-10-31(23-27)45-36-21-17-28(40-43-34-11-4-6-13-38(34)46-40)24-32(36)33-25-29(18-22-37(33)45)41-44-35-12-5-7-14-39(35)47-41/h4-25H,1-3H3. The number of hydrogen-bond donors (Lipinski definition) is 0. The van der Waals surface area contributed by atoms with Gasteiger partial charge in [0.2, 0.25) is 11.8 Å². The predicted octanol–water partition coefficient (Wildman–Crippen LogP) is 11.4. The van der Waals surface area contributed by atoms with Crippen LogP contribution in [0.4, 0.5) is 0 Å². The Balaban J connectivity index is 1.24. The van der Waals surface area contributed by atoms with Gasteiger partial charge in [-0.25, -0.2) is 9.97 Å². The maximum atomic E-state index is 6.18. The Labute approximate surface area is 271 Å². The molecule has 0 aliphatic carbocycles. The van der Waals surface area contributed by atoms with Gasteiger partial charge in [-0.05, 0) is 94.9 Å². The SMILES string of the molecule is CC(C)(C)c1ccc(-c2cccc(-n3c4ccc(-c5nc6ccccc6o5)cc4c4cc(-c5nc6ccccc6o5)ccc43)c2)cc1. The van der Waals surface area contributed by atoms with Crippen LogP contribution < -0.4 is 0 Å². The molecule has 0 unspecified atom stereocenters. The number of hydrogen-bond acceptors (Lipinski definition) is 4. The normalized spacial score (nSPS) is 12.1. The number of rotatable bonds is 4. The van der Waals surface area contributed by atoms with Crippen LogP contribution in [0.3, 0.4) is 0 Å². The summed E-state index contributed by atoms with van der Waals surface area (Å²) in [4.78, 5) is 9.58. The zero-order chi connectivity index (χ0) is 31.7. The Morgan fingerprint density at radius 3 is 1.55 bits per heavy atom. The van der Waals surface area contributed by atoms with Crippen molar-refractivity contribution in [3.8, 4) is 39.7 Å². The quantitative estimate of drug-likeness (QED) is 0.199. The van der Waals surface area contributed by atoms with E-state index < -0.39 is 0 Å². The van der Waals surface area contributed by atoms with Gasteiger partial charge < -0.3 is 13.4 Å². The van der Waals surface area contributed by atoms with Crippen LogP contribution in [-0.2, 0) is 5.41 Å². The molecule has 0 aliphatic heterocycles. The van der Waals surface area contributed by atoms with Crippen LogP contribution in [0, 0.1) is 0 Å². The second kappa shape index (κ2) is 10.3. The Morgan fingerprint density at radius 2 is 1.02 bits per heavy atom. The fraction of sp³-hybridized carbons (Fsp3) is 0.0952. The van der Waals surface area contributed by atoms with E-state index in [4.69, 9.17) is 18.8 Å². The molecular formula is C42H31N3O2. The number of para-hydroxylation sites is 4. The molecule has 3 aromatic heterocycles. The maximum absolute atomic E-state index is 6.18. The van der Waals surface area contributed by atoms with E-state index in [1.54, 1.807) is 0 Å². The van der Waals surface area contributed by atoms with Crippen molar-refractivity contribution in [2.45, 2.75) is 26.2 Å². The summed E-state index contributed by atoms with van der Waals surface area (Å²) in [6.45, 7) is 6.74. The summed E-state index contributed by atoms with van der Waals surface area (Å²) in [6.07, 6.45) is 0. The molecule has 0 atom stereocenters. The highest BCUT2D eigenvalue weighted by molar-refractivity contribution is 6.11. The van der Waals surface area contributed by atoms with Gasteiger partial charge in [-0.3, -0.25) is 0 Å². The maximum Gasteiger partial charge on any atom is 0.227 e. The summed E-state index contributed by atoms with van der Waals surface area (Å²) >= 11 is 0. The summed E-state index contributed by atoms with van der Waals surface area (Å²) in [7, 11) is 0. The van der Waals surface area contributed by atoms with Crippen LogP contribution in [0.5, 0.6) is 0 Å². The summed E-state index contributed by atoms with van der Waals surface area (Å²) in [5, 5.41) is 2.19. The van der Waals surface area contributed by atoms with E-state index in [1.807, 2.05) is 48.5 Å². The highest BCUT2D eigenvalue weighted by Gasteiger charge is 2.19. The molecule has 0 N–H and O–H groups in total. The highest BCUT2D eigenvalue weighted by Crippen LogP contribution is 2.38. The van der Waals surface area contributed by atoms with E-state index >= 15 is 0 Å². The van der Waals surface area contributed by atoms with E-state index in [2.05, 4.69) is 110 Å². The lowest BCUT2D eigenvalue weighted by Gasteiger charge is -2.19. The van der Waals surface area contributed by atoms with Gasteiger partial charge in [0, 0.05) is 27.6 Å². The molecule has 0 bridgehead atoms. The van der Waals surface area contributed by atoms with Gasteiger partial charge in [-0.1, -0.05) is 81.4 Å². The number of aromatic nitrogens is 3. The number of nitrogens with zero attached hydrogens (tertiary/aromatic N) is 3. The van der Waals surface area contributed by atoms with E-state index in [-0.39, 0.29) is 5.41 Å². The summed E-state index contributed by atoms with van der Waals surface area (Å²) < 4.78 is 14.7. The third-order valence-corrected chi connectivity index (χ3v) is 9.04. The van der Waals surface area contributed by atoms with E-state index in [0.29, 0.717) is 11.8 Å². The first-order chi connectivity index (χ1) is 22.9. The van der Waals surface area contributed by atoms with Crippen LogP contribution in [0.15, 0.2) is 142 Å². The Morgan fingerprint density at radius 1 is 0.489 bits per heavy atom. The first-order valence-corrected chi connectivity index (χ1v) is 15.9. The smallest absolute Gasteiger partial charge is 0.227 e. The van der Waals surface area contributed by atoms with Gasteiger partial charge >= 0.3 is 0 Å². The van der Waals surface area contributed by atoms with Crippen molar-refractivity contribution in [2.75, 3.05) is 0 Å². The second-order valence-electron chi connectivity index (χ2n) is 13.2. The van der Waals surface area contributed by atoms with Crippen LogP contribution in [0.25, 0.3) is 83.7 Å². The van der Waals surface area contributed by atoms with Crippen molar-refractivity contribution >= 4 is 44.0 Å². The lowest BCUT2D eigenvalue weighted by Crippen LogP contribution is -2.10. The molecule has 0 spiro atoms. The fourth-order valence-corrected chi connectivity index (χ4v) is 6.55. The molecule has 0 saturated heterocycles. The van der Waals surface area contributed by atoms with Crippen molar-refractivity contribution in [3.63, 3.8) is 0 Å². The molecule has 226 valence electrons. The molecule has 6 aromatic carbocycles. The third-order valence-electron chi connectivity index (χ3n) is 9.04. The molecule has 0 amide bonds. The zero-order valence-electron chi connectivity index (χ0n) is 26.4. The fourth-order valence-electron chi connectivity index (χ4n) is 6.55. The zero-order valence-corrected chi connectivity index (χ0v) is 26.4. The molecule has 9 aromatic rings. The van der Waals surface area contributed by atoms with E-state index in [1.165, 1.54) is 16.7 Å². The van der Waals surface area contributed by atoms with Crippen molar-refractivity contribution in [2.24, 2.45) is 0 Å². The summed E-state index contributed by atoms with van der Waals surface area (Å²) in [6, 6.07) is 46.3. The lowest BCUT2D eigenvalue weighted by atomic mass is 9.86. The van der Waals surface area contributed by atoms with Gasteiger partial charge in [0.15, 0.2) is 11.2 Å². The van der Waals surface area contributed by atoms with Gasteiger partial charge in [0.1, 0.15) is 11.0 Å². The summed E-state index contributed by atoms with van der Waals surface area (Å²) in [5.74, 6) is 1.20. The van der Waals surface area contributed by atoms with Crippen LogP contribution in [0.1, 0.15) is 26.3 Å². The Hall–Kier alpha value is -5.94. The third kappa shape index (κ3) is 4.62. The van der Waals surface area contributed by atoms with E-state index in [0.717, 1.165) is 60.8 Å². The molecule has 3 heterocycles. The van der Waals surface area contributed by atoms with Crippen LogP contribution >= 0.6 is 0 Å². The molecule has 5 nitrogen and oxygen atoms in total. The number of oxazole rings is 2. The second-order valence-corrected chi connectivity index (χ2v) is 13.2. The topological polar surface area (TPSA) is 57.0 Å². The lowest BCUT2D eigenvalue weighted by molar-refractivity contribution is 0.590. The number of benzene rings is 6. The molecule has 9 rings (SSSR count). The molecule has 0 fully saturated rings. The average Bonchev–Trinajstić information content (AvgIpc) is 3.81. The Kier molecular flexibility index (Phi) is 6.00. The molecule has 0 radical (unpaired) electrons. The minimum Gasteiger partial charge on any atom is -0.436 e. The van der Waals surface area contributed by atoms with Gasteiger partial charge in [0.25, 0.3) is 0 Å². The summed E-state index contributed by atoms with van der Waals surface area (Å²) in [5.41, 5.74) is 12.1. The predicted molar refractivity (Wildman–Crippen MR) is 191 cm³/mol. The first kappa shape index (κ1) is 27.4. The average molecular weight is 610 g/mol. The van der Waals surface area contributed by atoms with Crippen molar-refractivity contribution in [1.82, 2.24) is 14.5 Å². The minimum atomic E-state index is 0.108. The Bertz CT molecular complexity index is 2420. The van der Waals surface area contributed by atoms with Crippen molar-refractivity contribution < 1.29 is 8.83 Å². The highest BCUT2D eigenvalue weighted by atomic mass is 16.4. The van der Waals surface area contributed by atoms with Gasteiger partial charge in [-0.2, -0.15) is 0 Å². The molecular weight excluding hydrogens is 578 g/mol. The van der Waals surface area contributed by atoms with E-state index in [9.17, 15) is 0 Å². The minimum absolute atomic E-state index is 0.108. The van der Waals surface area contributed by atoms with Gasteiger partial charge in [0.05, 0.1) is 11.0 Å². The molecule has 5 heteroatoms. The molecule has 0 saturated carbocycles. The largest absolute Gasteiger partial charge is 0.436 e.